The Morgan fingerprint density at radius 1 is 1.35 bits per heavy atom. The lowest BCUT2D eigenvalue weighted by Crippen LogP contribution is -2.36. The van der Waals surface area contributed by atoms with Crippen LogP contribution in [0.15, 0.2) is 24.3 Å². The van der Waals surface area contributed by atoms with Crippen LogP contribution < -0.4 is 16.4 Å². The lowest BCUT2D eigenvalue weighted by atomic mass is 10.1. The summed E-state index contributed by atoms with van der Waals surface area (Å²) in [6.45, 7) is 3.33. The number of aryl methyl sites for hydroxylation is 1. The predicted octanol–water partition coefficient (Wildman–Crippen LogP) is 1.86. The van der Waals surface area contributed by atoms with Crippen LogP contribution in [0.3, 0.4) is 0 Å². The molecule has 1 aromatic carbocycles. The Morgan fingerprint density at radius 2 is 2.00 bits per heavy atom. The molecular weight excluding hydrogens is 214 g/mol. The van der Waals surface area contributed by atoms with E-state index in [-0.39, 0.29) is 11.4 Å². The van der Waals surface area contributed by atoms with E-state index in [0.717, 1.165) is 18.5 Å². The first-order valence-corrected chi connectivity index (χ1v) is 5.95. The smallest absolute Gasteiger partial charge is 0.319 e. The lowest BCUT2D eigenvalue weighted by molar-refractivity contribution is 0.249. The number of amides is 2. The van der Waals surface area contributed by atoms with Crippen LogP contribution in [0.25, 0.3) is 0 Å². The number of urea groups is 1. The van der Waals surface area contributed by atoms with Crippen molar-refractivity contribution in [2.45, 2.75) is 19.8 Å². The Kier molecular flexibility index (Phi) is 3.33. The standard InChI is InChI=1S/C13H19N3O/c1-10-2-4-11(5-3-10)16-12(17)15-9-13(8-14)6-7-13/h2-5H,6-9,14H2,1H3,(H2,15,16,17). The molecule has 4 nitrogen and oxygen atoms in total. The first-order chi connectivity index (χ1) is 8.13. The fourth-order valence-electron chi connectivity index (χ4n) is 1.71. The minimum atomic E-state index is -0.159. The number of benzene rings is 1. The van der Waals surface area contributed by atoms with Gasteiger partial charge in [-0.15, -0.1) is 0 Å². The summed E-state index contributed by atoms with van der Waals surface area (Å²) in [6.07, 6.45) is 2.24. The highest BCUT2D eigenvalue weighted by Crippen LogP contribution is 2.43. The van der Waals surface area contributed by atoms with Gasteiger partial charge in [-0.05, 0) is 38.4 Å². The van der Waals surface area contributed by atoms with Gasteiger partial charge in [-0.3, -0.25) is 0 Å². The van der Waals surface area contributed by atoms with Gasteiger partial charge in [-0.2, -0.15) is 0 Å². The van der Waals surface area contributed by atoms with Crippen LogP contribution in [0.4, 0.5) is 10.5 Å². The van der Waals surface area contributed by atoms with Gasteiger partial charge in [-0.1, -0.05) is 17.7 Å². The van der Waals surface area contributed by atoms with Crippen molar-refractivity contribution in [3.8, 4) is 0 Å². The summed E-state index contributed by atoms with van der Waals surface area (Å²) in [6, 6.07) is 7.57. The second kappa shape index (κ2) is 4.75. The summed E-state index contributed by atoms with van der Waals surface area (Å²) in [5, 5.41) is 5.67. The summed E-state index contributed by atoms with van der Waals surface area (Å²) in [5.41, 5.74) is 7.81. The minimum absolute atomic E-state index is 0.159. The van der Waals surface area contributed by atoms with Crippen molar-refractivity contribution in [1.82, 2.24) is 5.32 Å². The van der Waals surface area contributed by atoms with E-state index in [1.165, 1.54) is 5.56 Å². The molecule has 1 fully saturated rings. The Balaban J connectivity index is 1.79. The van der Waals surface area contributed by atoms with E-state index < -0.39 is 0 Å². The Hall–Kier alpha value is -1.55. The van der Waals surface area contributed by atoms with Crippen LogP contribution in [-0.4, -0.2) is 19.1 Å². The van der Waals surface area contributed by atoms with Crippen LogP contribution in [0.2, 0.25) is 0 Å². The molecule has 2 amide bonds. The van der Waals surface area contributed by atoms with E-state index in [1.54, 1.807) is 0 Å². The second-order valence-electron chi connectivity index (χ2n) is 4.88. The first kappa shape index (κ1) is 11.9. The van der Waals surface area contributed by atoms with E-state index in [0.29, 0.717) is 13.1 Å². The molecule has 17 heavy (non-hydrogen) atoms. The molecule has 0 radical (unpaired) electrons. The maximum atomic E-state index is 11.6. The predicted molar refractivity (Wildman–Crippen MR) is 68.9 cm³/mol. The molecule has 1 saturated carbocycles. The molecule has 1 aliphatic rings. The third-order valence-electron chi connectivity index (χ3n) is 3.32. The molecule has 0 atom stereocenters. The molecule has 0 aromatic heterocycles. The van der Waals surface area contributed by atoms with Crippen molar-refractivity contribution >= 4 is 11.7 Å². The van der Waals surface area contributed by atoms with Gasteiger partial charge in [0, 0.05) is 17.6 Å². The number of nitrogens with two attached hydrogens (primary N) is 1. The Labute approximate surface area is 102 Å². The first-order valence-electron chi connectivity index (χ1n) is 5.95. The zero-order valence-corrected chi connectivity index (χ0v) is 10.1. The fraction of sp³-hybridized carbons (Fsp3) is 0.462. The van der Waals surface area contributed by atoms with Gasteiger partial charge in [0.2, 0.25) is 0 Å². The Morgan fingerprint density at radius 3 is 2.53 bits per heavy atom. The van der Waals surface area contributed by atoms with E-state index in [9.17, 15) is 4.79 Å². The number of hydrogen-bond acceptors (Lipinski definition) is 2. The van der Waals surface area contributed by atoms with Crippen molar-refractivity contribution in [3.05, 3.63) is 29.8 Å². The van der Waals surface area contributed by atoms with Gasteiger partial charge < -0.3 is 16.4 Å². The third-order valence-corrected chi connectivity index (χ3v) is 3.32. The van der Waals surface area contributed by atoms with Gasteiger partial charge >= 0.3 is 6.03 Å². The van der Waals surface area contributed by atoms with Crippen molar-refractivity contribution in [2.75, 3.05) is 18.4 Å². The number of carbonyl (C=O) groups is 1. The van der Waals surface area contributed by atoms with Gasteiger partial charge in [0.25, 0.3) is 0 Å². The van der Waals surface area contributed by atoms with Gasteiger partial charge in [0.1, 0.15) is 0 Å². The normalized spacial score (nSPS) is 16.4. The monoisotopic (exact) mass is 233 g/mol. The van der Waals surface area contributed by atoms with Crippen LogP contribution in [0.1, 0.15) is 18.4 Å². The third kappa shape index (κ3) is 3.20. The molecule has 4 N–H and O–H groups in total. The molecular formula is C13H19N3O. The SMILES string of the molecule is Cc1ccc(NC(=O)NCC2(CN)CC2)cc1. The van der Waals surface area contributed by atoms with Crippen LogP contribution in [-0.2, 0) is 0 Å². The average Bonchev–Trinajstić information content (AvgIpc) is 3.10. The number of anilines is 1. The molecule has 92 valence electrons. The summed E-state index contributed by atoms with van der Waals surface area (Å²) < 4.78 is 0. The molecule has 0 spiro atoms. The maximum Gasteiger partial charge on any atom is 0.319 e. The number of hydrogen-bond donors (Lipinski definition) is 3. The molecule has 1 aromatic rings. The molecule has 1 aliphatic carbocycles. The largest absolute Gasteiger partial charge is 0.337 e. The lowest BCUT2D eigenvalue weighted by Gasteiger charge is -2.13. The highest BCUT2D eigenvalue weighted by molar-refractivity contribution is 5.89. The molecule has 0 bridgehead atoms. The quantitative estimate of drug-likeness (QED) is 0.743. The molecule has 0 aliphatic heterocycles. The van der Waals surface area contributed by atoms with Gasteiger partial charge in [0.15, 0.2) is 0 Å². The Bertz CT molecular complexity index is 396. The summed E-state index contributed by atoms with van der Waals surface area (Å²) in [4.78, 5) is 11.6. The average molecular weight is 233 g/mol. The number of rotatable bonds is 4. The van der Waals surface area contributed by atoms with E-state index >= 15 is 0 Å². The zero-order chi connectivity index (χ0) is 12.3. The van der Waals surface area contributed by atoms with Gasteiger partial charge in [-0.25, -0.2) is 4.79 Å². The van der Waals surface area contributed by atoms with Crippen LogP contribution in [0, 0.1) is 12.3 Å². The molecule has 0 heterocycles. The molecule has 0 unspecified atom stereocenters. The highest BCUT2D eigenvalue weighted by atomic mass is 16.2. The fourth-order valence-corrected chi connectivity index (χ4v) is 1.71. The highest BCUT2D eigenvalue weighted by Gasteiger charge is 2.41. The van der Waals surface area contributed by atoms with Crippen molar-refractivity contribution in [1.29, 1.82) is 0 Å². The zero-order valence-electron chi connectivity index (χ0n) is 10.1. The summed E-state index contributed by atoms with van der Waals surface area (Å²) in [5.74, 6) is 0. The number of nitrogens with one attached hydrogen (secondary N) is 2. The van der Waals surface area contributed by atoms with Crippen LogP contribution in [0.5, 0.6) is 0 Å². The number of carbonyl (C=O) groups excluding carboxylic acids is 1. The molecule has 4 heteroatoms. The van der Waals surface area contributed by atoms with Crippen molar-refractivity contribution in [3.63, 3.8) is 0 Å². The molecule has 2 rings (SSSR count). The second-order valence-corrected chi connectivity index (χ2v) is 4.88. The van der Waals surface area contributed by atoms with Gasteiger partial charge in [0.05, 0.1) is 0 Å². The van der Waals surface area contributed by atoms with E-state index in [2.05, 4.69) is 10.6 Å². The topological polar surface area (TPSA) is 67.2 Å². The maximum absolute atomic E-state index is 11.6. The van der Waals surface area contributed by atoms with Crippen molar-refractivity contribution < 1.29 is 4.79 Å². The minimum Gasteiger partial charge on any atom is -0.337 e. The van der Waals surface area contributed by atoms with E-state index in [4.69, 9.17) is 5.73 Å². The van der Waals surface area contributed by atoms with Crippen LogP contribution >= 0.6 is 0 Å². The summed E-state index contributed by atoms with van der Waals surface area (Å²) >= 11 is 0. The van der Waals surface area contributed by atoms with E-state index in [1.807, 2.05) is 31.2 Å². The molecule has 0 saturated heterocycles. The van der Waals surface area contributed by atoms with Crippen molar-refractivity contribution in [2.24, 2.45) is 11.1 Å². The summed E-state index contributed by atoms with van der Waals surface area (Å²) in [7, 11) is 0.